The largest absolute Gasteiger partial charge is 0.475 e. The van der Waals surface area contributed by atoms with Gasteiger partial charge in [0.15, 0.2) is 5.69 Å². The van der Waals surface area contributed by atoms with Crippen LogP contribution in [0.2, 0.25) is 0 Å². The molecule has 0 bridgehead atoms. The quantitative estimate of drug-likeness (QED) is 0.812. The first-order chi connectivity index (χ1) is 8.66. The van der Waals surface area contributed by atoms with Crippen LogP contribution in [0.5, 0.6) is 0 Å². The van der Waals surface area contributed by atoms with Crippen LogP contribution in [-0.2, 0) is 4.74 Å². The number of hydrogen-bond acceptors (Lipinski definition) is 5. The number of nitrogens with one attached hydrogen (secondary N) is 1. The molecule has 1 amide bonds. The number of ether oxygens (including phenoxy) is 1. The van der Waals surface area contributed by atoms with Gasteiger partial charge in [-0.05, 0) is 18.8 Å². The summed E-state index contributed by atoms with van der Waals surface area (Å²) >= 11 is 0. The molecule has 0 unspecified atom stereocenters. The summed E-state index contributed by atoms with van der Waals surface area (Å²) in [5, 5.41) is 14.8. The van der Waals surface area contributed by atoms with Crippen LogP contribution in [0, 0.1) is 5.92 Å². The van der Waals surface area contributed by atoms with Gasteiger partial charge in [-0.25, -0.2) is 4.79 Å². The number of carbonyl (C=O) groups excluding carboxylic acids is 1. The number of carboxylic acids is 1. The lowest BCUT2D eigenvalue weighted by atomic mass is 10.0. The Morgan fingerprint density at radius 3 is 2.78 bits per heavy atom. The minimum absolute atomic E-state index is 0.0144. The van der Waals surface area contributed by atoms with Crippen molar-refractivity contribution in [3.05, 3.63) is 17.5 Å². The van der Waals surface area contributed by atoms with Crippen molar-refractivity contribution >= 4 is 11.9 Å². The van der Waals surface area contributed by atoms with Crippen LogP contribution < -0.4 is 5.32 Å². The first-order valence-electron chi connectivity index (χ1n) is 5.73. The molecule has 1 aromatic heterocycles. The van der Waals surface area contributed by atoms with E-state index in [4.69, 9.17) is 9.84 Å². The fourth-order valence-corrected chi connectivity index (χ4v) is 1.76. The molecule has 18 heavy (non-hydrogen) atoms. The third kappa shape index (κ3) is 3.07. The molecule has 0 saturated carbocycles. The minimum Gasteiger partial charge on any atom is -0.475 e. The predicted molar refractivity (Wildman–Crippen MR) is 59.3 cm³/mol. The highest BCUT2D eigenvalue weighted by Crippen LogP contribution is 2.13. The van der Waals surface area contributed by atoms with Crippen molar-refractivity contribution < 1.29 is 24.0 Å². The number of aromatic nitrogens is 1. The number of carboxylic acid groups (broad SMARTS) is 1. The molecule has 1 aliphatic heterocycles. The second kappa shape index (κ2) is 5.63. The van der Waals surface area contributed by atoms with E-state index in [1.54, 1.807) is 0 Å². The SMILES string of the molecule is O=C(NCC1CCOCC1)c1cc(C(=O)O)on1. The smallest absolute Gasteiger partial charge is 0.374 e. The summed E-state index contributed by atoms with van der Waals surface area (Å²) in [6.45, 7) is 1.97. The zero-order valence-corrected chi connectivity index (χ0v) is 9.72. The maximum atomic E-state index is 11.7. The Labute approximate surface area is 103 Å². The number of rotatable bonds is 4. The molecule has 1 aliphatic rings. The summed E-state index contributed by atoms with van der Waals surface area (Å²) in [4.78, 5) is 22.2. The summed E-state index contributed by atoms with van der Waals surface area (Å²) in [6, 6.07) is 1.11. The van der Waals surface area contributed by atoms with Gasteiger partial charge in [-0.15, -0.1) is 0 Å². The Morgan fingerprint density at radius 1 is 1.44 bits per heavy atom. The van der Waals surface area contributed by atoms with Crippen molar-refractivity contribution in [3.63, 3.8) is 0 Å². The van der Waals surface area contributed by atoms with Gasteiger partial charge in [0, 0.05) is 25.8 Å². The second-order valence-corrected chi connectivity index (χ2v) is 4.15. The molecule has 1 fully saturated rings. The average molecular weight is 254 g/mol. The van der Waals surface area contributed by atoms with Crippen LogP contribution in [0.25, 0.3) is 0 Å². The topological polar surface area (TPSA) is 102 Å². The maximum Gasteiger partial charge on any atom is 0.374 e. The van der Waals surface area contributed by atoms with Gasteiger partial charge in [-0.2, -0.15) is 0 Å². The number of hydrogen-bond donors (Lipinski definition) is 2. The normalized spacial score (nSPS) is 16.4. The highest BCUT2D eigenvalue weighted by molar-refractivity contribution is 5.94. The fraction of sp³-hybridized carbons (Fsp3) is 0.545. The van der Waals surface area contributed by atoms with Crippen LogP contribution in [-0.4, -0.2) is 41.9 Å². The van der Waals surface area contributed by atoms with Gasteiger partial charge in [-0.1, -0.05) is 5.16 Å². The zero-order valence-electron chi connectivity index (χ0n) is 9.72. The lowest BCUT2D eigenvalue weighted by Crippen LogP contribution is -2.32. The highest BCUT2D eigenvalue weighted by atomic mass is 16.5. The van der Waals surface area contributed by atoms with E-state index in [0.717, 1.165) is 18.9 Å². The first kappa shape index (κ1) is 12.6. The third-order valence-corrected chi connectivity index (χ3v) is 2.85. The summed E-state index contributed by atoms with van der Waals surface area (Å²) in [6.07, 6.45) is 1.83. The number of carbonyl (C=O) groups is 2. The van der Waals surface area contributed by atoms with Crippen LogP contribution in [0.15, 0.2) is 10.6 Å². The van der Waals surface area contributed by atoms with E-state index in [1.165, 1.54) is 0 Å². The van der Waals surface area contributed by atoms with Gasteiger partial charge in [0.2, 0.25) is 5.76 Å². The molecule has 0 radical (unpaired) electrons. The molecule has 7 nitrogen and oxygen atoms in total. The van der Waals surface area contributed by atoms with E-state index in [9.17, 15) is 9.59 Å². The van der Waals surface area contributed by atoms with E-state index >= 15 is 0 Å². The standard InChI is InChI=1S/C11H14N2O5/c14-10(8-5-9(11(15)16)18-13-8)12-6-7-1-3-17-4-2-7/h5,7H,1-4,6H2,(H,12,14)(H,15,16). The summed E-state index contributed by atoms with van der Waals surface area (Å²) < 4.78 is 9.72. The zero-order chi connectivity index (χ0) is 13.0. The third-order valence-electron chi connectivity index (χ3n) is 2.85. The Bertz CT molecular complexity index is 436. The molecule has 2 N–H and O–H groups in total. The van der Waals surface area contributed by atoms with E-state index in [0.29, 0.717) is 25.7 Å². The van der Waals surface area contributed by atoms with E-state index < -0.39 is 11.9 Å². The van der Waals surface area contributed by atoms with Gasteiger partial charge in [-0.3, -0.25) is 4.79 Å². The van der Waals surface area contributed by atoms with Crippen molar-refractivity contribution in [1.82, 2.24) is 10.5 Å². The molecular formula is C11H14N2O5. The predicted octanol–water partition coefficient (Wildman–Crippen LogP) is 0.529. The average Bonchev–Trinajstić information content (AvgIpc) is 2.87. The van der Waals surface area contributed by atoms with Gasteiger partial charge in [0.1, 0.15) is 0 Å². The monoisotopic (exact) mass is 254 g/mol. The molecule has 98 valence electrons. The molecule has 0 spiro atoms. The van der Waals surface area contributed by atoms with Crippen LogP contribution >= 0.6 is 0 Å². The Morgan fingerprint density at radius 2 is 2.17 bits per heavy atom. The van der Waals surface area contributed by atoms with Gasteiger partial charge in [0.05, 0.1) is 0 Å². The molecule has 2 rings (SSSR count). The van der Waals surface area contributed by atoms with E-state index in [-0.39, 0.29) is 11.5 Å². The van der Waals surface area contributed by atoms with Gasteiger partial charge in [0.25, 0.3) is 5.91 Å². The molecule has 0 atom stereocenters. The van der Waals surface area contributed by atoms with Crippen LogP contribution in [0.1, 0.15) is 33.9 Å². The van der Waals surface area contributed by atoms with Crippen molar-refractivity contribution in [2.75, 3.05) is 19.8 Å². The van der Waals surface area contributed by atoms with Crippen molar-refractivity contribution in [2.45, 2.75) is 12.8 Å². The summed E-state index contributed by atoms with van der Waals surface area (Å²) in [5.74, 6) is -1.61. The maximum absolute atomic E-state index is 11.7. The van der Waals surface area contributed by atoms with Crippen LogP contribution in [0.4, 0.5) is 0 Å². The molecule has 0 aliphatic carbocycles. The summed E-state index contributed by atoms with van der Waals surface area (Å²) in [5.41, 5.74) is -0.0144. The van der Waals surface area contributed by atoms with Gasteiger partial charge >= 0.3 is 5.97 Å². The molecule has 1 saturated heterocycles. The number of amides is 1. The minimum atomic E-state index is -1.24. The Kier molecular flexibility index (Phi) is 3.93. The van der Waals surface area contributed by atoms with Gasteiger partial charge < -0.3 is 19.7 Å². The van der Waals surface area contributed by atoms with Crippen LogP contribution in [0.3, 0.4) is 0 Å². The number of aromatic carboxylic acids is 1. The molecule has 7 heteroatoms. The summed E-state index contributed by atoms with van der Waals surface area (Å²) in [7, 11) is 0. The molecular weight excluding hydrogens is 240 g/mol. The first-order valence-corrected chi connectivity index (χ1v) is 5.73. The molecule has 0 aromatic carbocycles. The van der Waals surface area contributed by atoms with E-state index in [2.05, 4.69) is 15.0 Å². The molecule has 1 aromatic rings. The highest BCUT2D eigenvalue weighted by Gasteiger charge is 2.19. The van der Waals surface area contributed by atoms with E-state index in [1.807, 2.05) is 0 Å². The molecule has 2 heterocycles. The second-order valence-electron chi connectivity index (χ2n) is 4.15. The number of nitrogens with zero attached hydrogens (tertiary/aromatic N) is 1. The van der Waals surface area contributed by atoms with Crippen molar-refractivity contribution in [2.24, 2.45) is 5.92 Å². The Balaban J connectivity index is 1.84. The Hall–Kier alpha value is -1.89. The lowest BCUT2D eigenvalue weighted by molar-refractivity contribution is 0.0640. The van der Waals surface area contributed by atoms with Crippen molar-refractivity contribution in [1.29, 1.82) is 0 Å². The fourth-order valence-electron chi connectivity index (χ4n) is 1.76. The lowest BCUT2D eigenvalue weighted by Gasteiger charge is -2.21. The van der Waals surface area contributed by atoms with Crippen molar-refractivity contribution in [3.8, 4) is 0 Å².